The number of para-hydroxylation sites is 1. The standard InChI is InChI=1S/C18H25N3O4/c22-16(19-8-4-9-20-11-13-25-14-12-20)18(24)7-10-21(17(18)23)15-5-2-1-3-6-15/h1-3,5-6,24H,4,7-14H2,(H,19,22)/t18-/m0/s1. The first kappa shape index (κ1) is 17.8. The molecule has 2 heterocycles. The van der Waals surface area contributed by atoms with Crippen LogP contribution in [0.15, 0.2) is 30.3 Å². The van der Waals surface area contributed by atoms with Crippen LogP contribution in [0.25, 0.3) is 0 Å². The van der Waals surface area contributed by atoms with E-state index < -0.39 is 17.4 Å². The highest BCUT2D eigenvalue weighted by atomic mass is 16.5. The van der Waals surface area contributed by atoms with E-state index >= 15 is 0 Å². The molecule has 0 bridgehead atoms. The van der Waals surface area contributed by atoms with Gasteiger partial charge in [-0.2, -0.15) is 0 Å². The molecule has 1 aromatic rings. The van der Waals surface area contributed by atoms with Crippen LogP contribution in [0.4, 0.5) is 5.69 Å². The molecule has 2 N–H and O–H groups in total. The SMILES string of the molecule is O=C(NCCCN1CCOCC1)[C@@]1(O)CCN(c2ccccc2)C1=O. The molecule has 0 unspecified atom stereocenters. The number of benzene rings is 1. The average molecular weight is 347 g/mol. The van der Waals surface area contributed by atoms with Crippen molar-refractivity contribution in [2.75, 3.05) is 50.8 Å². The van der Waals surface area contributed by atoms with Gasteiger partial charge < -0.3 is 20.1 Å². The molecule has 25 heavy (non-hydrogen) atoms. The fourth-order valence-corrected chi connectivity index (χ4v) is 3.25. The first-order valence-electron chi connectivity index (χ1n) is 8.79. The summed E-state index contributed by atoms with van der Waals surface area (Å²) in [5.74, 6) is -1.15. The number of carbonyl (C=O) groups excluding carboxylic acids is 2. The summed E-state index contributed by atoms with van der Waals surface area (Å²) in [6.07, 6.45) is 0.883. The summed E-state index contributed by atoms with van der Waals surface area (Å²) < 4.78 is 5.30. The minimum absolute atomic E-state index is 0.107. The van der Waals surface area contributed by atoms with Crippen molar-refractivity contribution in [3.05, 3.63) is 30.3 Å². The largest absolute Gasteiger partial charge is 0.379 e. The van der Waals surface area contributed by atoms with Gasteiger partial charge in [0.25, 0.3) is 11.8 Å². The van der Waals surface area contributed by atoms with Gasteiger partial charge in [-0.25, -0.2) is 0 Å². The highest BCUT2D eigenvalue weighted by Crippen LogP contribution is 2.28. The number of amides is 2. The molecule has 0 spiro atoms. The van der Waals surface area contributed by atoms with Gasteiger partial charge in [-0.3, -0.25) is 14.5 Å². The van der Waals surface area contributed by atoms with Gasteiger partial charge in [0.05, 0.1) is 13.2 Å². The monoisotopic (exact) mass is 347 g/mol. The lowest BCUT2D eigenvalue weighted by Gasteiger charge is -2.26. The van der Waals surface area contributed by atoms with Crippen molar-refractivity contribution in [1.82, 2.24) is 10.2 Å². The number of ether oxygens (including phenoxy) is 1. The lowest BCUT2D eigenvalue weighted by atomic mass is 10.0. The van der Waals surface area contributed by atoms with Gasteiger partial charge in [0.1, 0.15) is 0 Å². The van der Waals surface area contributed by atoms with Crippen LogP contribution in [0.5, 0.6) is 0 Å². The zero-order valence-electron chi connectivity index (χ0n) is 14.3. The molecule has 1 atom stereocenters. The quantitative estimate of drug-likeness (QED) is 0.559. The fourth-order valence-electron chi connectivity index (χ4n) is 3.25. The van der Waals surface area contributed by atoms with Crippen molar-refractivity contribution >= 4 is 17.5 Å². The van der Waals surface area contributed by atoms with E-state index in [1.54, 1.807) is 12.1 Å². The average Bonchev–Trinajstić information content (AvgIpc) is 2.96. The van der Waals surface area contributed by atoms with Crippen LogP contribution < -0.4 is 10.2 Å². The van der Waals surface area contributed by atoms with E-state index in [0.717, 1.165) is 39.3 Å². The molecule has 7 heteroatoms. The van der Waals surface area contributed by atoms with E-state index in [-0.39, 0.29) is 6.42 Å². The Morgan fingerprint density at radius 1 is 1.20 bits per heavy atom. The predicted octanol–water partition coefficient (Wildman–Crippen LogP) is -0.00710. The number of nitrogens with zero attached hydrogens (tertiary/aromatic N) is 2. The molecular weight excluding hydrogens is 322 g/mol. The van der Waals surface area contributed by atoms with Gasteiger partial charge in [-0.05, 0) is 25.1 Å². The second-order valence-electron chi connectivity index (χ2n) is 6.47. The minimum atomic E-state index is -1.96. The summed E-state index contributed by atoms with van der Waals surface area (Å²) >= 11 is 0. The first-order valence-corrected chi connectivity index (χ1v) is 8.79. The normalized spacial score (nSPS) is 24.5. The molecule has 2 amide bonds. The van der Waals surface area contributed by atoms with Crippen molar-refractivity contribution < 1.29 is 19.4 Å². The van der Waals surface area contributed by atoms with Crippen LogP contribution in [0.2, 0.25) is 0 Å². The van der Waals surface area contributed by atoms with Crippen LogP contribution in [0.1, 0.15) is 12.8 Å². The van der Waals surface area contributed by atoms with E-state index in [0.29, 0.717) is 18.8 Å². The third kappa shape index (κ3) is 4.00. The molecule has 1 aromatic carbocycles. The van der Waals surface area contributed by atoms with Crippen LogP contribution in [-0.2, 0) is 14.3 Å². The Morgan fingerprint density at radius 3 is 2.64 bits per heavy atom. The molecular formula is C18H25N3O4. The van der Waals surface area contributed by atoms with Gasteiger partial charge in [0.15, 0.2) is 0 Å². The Morgan fingerprint density at radius 2 is 1.92 bits per heavy atom. The van der Waals surface area contributed by atoms with E-state index in [2.05, 4.69) is 10.2 Å². The molecule has 136 valence electrons. The molecule has 0 saturated carbocycles. The lowest BCUT2D eigenvalue weighted by Crippen LogP contribution is -2.53. The summed E-state index contributed by atoms with van der Waals surface area (Å²) in [5, 5.41) is 13.3. The number of hydrogen-bond acceptors (Lipinski definition) is 5. The van der Waals surface area contributed by atoms with Crippen molar-refractivity contribution in [3.63, 3.8) is 0 Å². The van der Waals surface area contributed by atoms with Gasteiger partial charge in [0, 0.05) is 38.3 Å². The Labute approximate surface area is 147 Å². The molecule has 2 fully saturated rings. The molecule has 3 rings (SSSR count). The fraction of sp³-hybridized carbons (Fsp3) is 0.556. The maximum Gasteiger partial charge on any atom is 0.268 e. The number of morpholine rings is 1. The van der Waals surface area contributed by atoms with Crippen LogP contribution >= 0.6 is 0 Å². The summed E-state index contributed by atoms with van der Waals surface area (Å²) in [6, 6.07) is 9.10. The molecule has 0 aliphatic carbocycles. The zero-order valence-corrected chi connectivity index (χ0v) is 14.3. The first-order chi connectivity index (χ1) is 12.1. The van der Waals surface area contributed by atoms with Crippen molar-refractivity contribution in [2.24, 2.45) is 0 Å². The number of aliphatic hydroxyl groups is 1. The van der Waals surface area contributed by atoms with Crippen molar-refractivity contribution in [2.45, 2.75) is 18.4 Å². The third-order valence-corrected chi connectivity index (χ3v) is 4.78. The number of carbonyl (C=O) groups is 2. The summed E-state index contributed by atoms with van der Waals surface area (Å²) in [5.41, 5.74) is -1.27. The molecule has 7 nitrogen and oxygen atoms in total. The van der Waals surface area contributed by atoms with Crippen LogP contribution in [0, 0.1) is 0 Å². The highest BCUT2D eigenvalue weighted by molar-refractivity contribution is 6.16. The maximum absolute atomic E-state index is 12.5. The smallest absolute Gasteiger partial charge is 0.268 e. The van der Waals surface area contributed by atoms with Gasteiger partial charge >= 0.3 is 0 Å². The summed E-state index contributed by atoms with van der Waals surface area (Å²) in [6.45, 7) is 4.94. The van der Waals surface area contributed by atoms with Gasteiger partial charge in [-0.1, -0.05) is 18.2 Å². The molecule has 2 saturated heterocycles. The zero-order chi connectivity index (χ0) is 17.7. The number of anilines is 1. The van der Waals surface area contributed by atoms with E-state index in [4.69, 9.17) is 4.74 Å². The second-order valence-corrected chi connectivity index (χ2v) is 6.47. The molecule has 2 aliphatic heterocycles. The van der Waals surface area contributed by atoms with E-state index in [9.17, 15) is 14.7 Å². The summed E-state index contributed by atoms with van der Waals surface area (Å²) in [7, 11) is 0. The summed E-state index contributed by atoms with van der Waals surface area (Å²) in [4.78, 5) is 28.7. The minimum Gasteiger partial charge on any atom is -0.379 e. The van der Waals surface area contributed by atoms with Gasteiger partial charge in [-0.15, -0.1) is 0 Å². The van der Waals surface area contributed by atoms with Crippen LogP contribution in [0.3, 0.4) is 0 Å². The Hall–Kier alpha value is -1.96. The van der Waals surface area contributed by atoms with Gasteiger partial charge in [0.2, 0.25) is 5.60 Å². The van der Waals surface area contributed by atoms with Crippen molar-refractivity contribution in [1.29, 1.82) is 0 Å². The number of hydrogen-bond donors (Lipinski definition) is 2. The Balaban J connectivity index is 1.48. The predicted molar refractivity (Wildman–Crippen MR) is 93.2 cm³/mol. The van der Waals surface area contributed by atoms with E-state index in [1.807, 2.05) is 18.2 Å². The molecule has 2 aliphatic rings. The van der Waals surface area contributed by atoms with E-state index in [1.165, 1.54) is 4.90 Å². The second kappa shape index (κ2) is 7.95. The maximum atomic E-state index is 12.5. The number of rotatable bonds is 6. The molecule has 0 aromatic heterocycles. The highest BCUT2D eigenvalue weighted by Gasteiger charge is 2.51. The van der Waals surface area contributed by atoms with Crippen LogP contribution in [-0.4, -0.2) is 73.4 Å². The Bertz CT molecular complexity index is 604. The third-order valence-electron chi connectivity index (χ3n) is 4.78. The topological polar surface area (TPSA) is 82.1 Å². The molecule has 0 radical (unpaired) electrons. The van der Waals surface area contributed by atoms with Crippen molar-refractivity contribution in [3.8, 4) is 0 Å². The number of nitrogens with one attached hydrogen (secondary N) is 1. The lowest BCUT2D eigenvalue weighted by molar-refractivity contribution is -0.149. The Kier molecular flexibility index (Phi) is 5.67.